The van der Waals surface area contributed by atoms with Gasteiger partial charge in [-0.2, -0.15) is 0 Å². The maximum absolute atomic E-state index is 10.8. The molecule has 0 atom stereocenters. The van der Waals surface area contributed by atoms with E-state index in [0.717, 1.165) is 5.56 Å². The molecule has 1 aromatic carbocycles. The average molecular weight is 180 g/mol. The fourth-order valence-electron chi connectivity index (χ4n) is 0.939. The minimum Gasteiger partial charge on any atom is -0.507 e. The molecule has 0 spiro atoms. The Bertz CT molecular complexity index is 290. The molecule has 0 fully saturated rings. The van der Waals surface area contributed by atoms with Crippen LogP contribution in [0.2, 0.25) is 0 Å². The Morgan fingerprint density at radius 2 is 1.85 bits per heavy atom. The molecule has 0 amide bonds. The molecular weight excluding hydrogens is 164 g/mol. The van der Waals surface area contributed by atoms with Crippen molar-refractivity contribution >= 4 is 5.78 Å². The summed E-state index contributed by atoms with van der Waals surface area (Å²) in [6.07, 6.45) is 0. The van der Waals surface area contributed by atoms with Gasteiger partial charge in [0.25, 0.3) is 0 Å². The number of Topliss-reactive ketones (excluding diaryl/α,β-unsaturated/α-hetero) is 1. The second-order valence-corrected chi connectivity index (χ2v) is 2.58. The summed E-state index contributed by atoms with van der Waals surface area (Å²) in [7, 11) is 0. The van der Waals surface area contributed by atoms with Gasteiger partial charge in [-0.1, -0.05) is 19.9 Å². The molecule has 1 N–H and O–H groups in total. The summed E-state index contributed by atoms with van der Waals surface area (Å²) < 4.78 is 0. The molecule has 72 valence electrons. The maximum atomic E-state index is 10.8. The quantitative estimate of drug-likeness (QED) is 0.675. The number of aromatic hydroxyl groups is 1. The van der Waals surface area contributed by atoms with Crippen LogP contribution < -0.4 is 0 Å². The molecule has 0 unspecified atom stereocenters. The third kappa shape index (κ3) is 3.28. The fourth-order valence-corrected chi connectivity index (χ4v) is 0.939. The number of carbonyl (C=O) groups excluding carboxylic acids is 1. The van der Waals surface area contributed by atoms with Crippen LogP contribution in [-0.2, 0) is 0 Å². The van der Waals surface area contributed by atoms with Crippen LogP contribution in [0.15, 0.2) is 18.2 Å². The number of rotatable bonds is 1. The summed E-state index contributed by atoms with van der Waals surface area (Å²) in [4.78, 5) is 10.8. The zero-order chi connectivity index (χ0) is 10.4. The van der Waals surface area contributed by atoms with Gasteiger partial charge < -0.3 is 5.11 Å². The van der Waals surface area contributed by atoms with Crippen molar-refractivity contribution in [3.05, 3.63) is 29.3 Å². The van der Waals surface area contributed by atoms with E-state index in [-0.39, 0.29) is 11.5 Å². The molecule has 0 aliphatic heterocycles. The lowest BCUT2D eigenvalue weighted by Crippen LogP contribution is -1.92. The third-order valence-electron chi connectivity index (χ3n) is 1.53. The fraction of sp³-hybridized carbons (Fsp3) is 0.364. The Morgan fingerprint density at radius 1 is 1.31 bits per heavy atom. The number of ketones is 1. The lowest BCUT2D eigenvalue weighted by atomic mass is 10.1. The third-order valence-corrected chi connectivity index (χ3v) is 1.53. The average Bonchev–Trinajstić information content (AvgIpc) is 2.07. The second kappa shape index (κ2) is 5.36. The Labute approximate surface area is 79.2 Å². The molecule has 0 aliphatic rings. The second-order valence-electron chi connectivity index (χ2n) is 2.58. The maximum Gasteiger partial charge on any atom is 0.163 e. The first-order chi connectivity index (χ1) is 6.11. The van der Waals surface area contributed by atoms with Gasteiger partial charge in [0.1, 0.15) is 5.75 Å². The molecule has 0 saturated carbocycles. The van der Waals surface area contributed by atoms with Crippen LogP contribution in [0.3, 0.4) is 0 Å². The Morgan fingerprint density at radius 3 is 2.23 bits per heavy atom. The van der Waals surface area contributed by atoms with E-state index in [1.54, 1.807) is 18.2 Å². The molecule has 2 nitrogen and oxygen atoms in total. The molecule has 0 aliphatic carbocycles. The van der Waals surface area contributed by atoms with E-state index in [4.69, 9.17) is 0 Å². The van der Waals surface area contributed by atoms with E-state index < -0.39 is 0 Å². The van der Waals surface area contributed by atoms with Gasteiger partial charge in [0.15, 0.2) is 5.78 Å². The molecule has 2 heteroatoms. The van der Waals surface area contributed by atoms with Gasteiger partial charge in [0.05, 0.1) is 5.56 Å². The lowest BCUT2D eigenvalue weighted by molar-refractivity contribution is 0.101. The van der Waals surface area contributed by atoms with Crippen LogP contribution >= 0.6 is 0 Å². The number of phenols is 1. The van der Waals surface area contributed by atoms with Crippen LogP contribution in [0.5, 0.6) is 5.75 Å². The summed E-state index contributed by atoms with van der Waals surface area (Å²) >= 11 is 0. The van der Waals surface area contributed by atoms with E-state index in [1.807, 2.05) is 20.8 Å². The largest absolute Gasteiger partial charge is 0.507 e. The van der Waals surface area contributed by atoms with Crippen molar-refractivity contribution in [3.63, 3.8) is 0 Å². The highest BCUT2D eigenvalue weighted by atomic mass is 16.3. The monoisotopic (exact) mass is 180 g/mol. The molecule has 0 aromatic heterocycles. The van der Waals surface area contributed by atoms with E-state index in [0.29, 0.717) is 5.56 Å². The van der Waals surface area contributed by atoms with Crippen molar-refractivity contribution in [1.29, 1.82) is 0 Å². The van der Waals surface area contributed by atoms with Crippen LogP contribution in [0.1, 0.15) is 36.7 Å². The first-order valence-electron chi connectivity index (χ1n) is 4.42. The number of carbonyl (C=O) groups is 1. The van der Waals surface area contributed by atoms with Crippen LogP contribution in [-0.4, -0.2) is 10.9 Å². The van der Waals surface area contributed by atoms with Gasteiger partial charge in [0, 0.05) is 0 Å². The number of phenolic OH excluding ortho intramolecular Hbond substituents is 1. The standard InChI is InChI=1S/C9H10O2.C2H6/c1-6-3-4-8(7(2)10)9(11)5-6;1-2/h3-5,11H,1-2H3;1-2H3. The minimum atomic E-state index is -0.109. The van der Waals surface area contributed by atoms with Crippen molar-refractivity contribution in [2.75, 3.05) is 0 Å². The zero-order valence-corrected chi connectivity index (χ0v) is 8.59. The molecule has 1 aromatic rings. The molecule has 0 radical (unpaired) electrons. The van der Waals surface area contributed by atoms with E-state index in [1.165, 1.54) is 6.92 Å². The summed E-state index contributed by atoms with van der Waals surface area (Å²) in [5.74, 6) is -0.0417. The van der Waals surface area contributed by atoms with Crippen LogP contribution in [0.25, 0.3) is 0 Å². The van der Waals surface area contributed by atoms with Crippen molar-refractivity contribution < 1.29 is 9.90 Å². The number of aryl methyl sites for hydroxylation is 1. The SMILES string of the molecule is CC.CC(=O)c1ccc(C)cc1O. The van der Waals surface area contributed by atoms with E-state index >= 15 is 0 Å². The van der Waals surface area contributed by atoms with Gasteiger partial charge in [-0.05, 0) is 31.5 Å². The van der Waals surface area contributed by atoms with E-state index in [2.05, 4.69) is 0 Å². The Kier molecular flexibility index (Phi) is 4.82. The van der Waals surface area contributed by atoms with Crippen molar-refractivity contribution in [2.45, 2.75) is 27.7 Å². The smallest absolute Gasteiger partial charge is 0.163 e. The van der Waals surface area contributed by atoms with E-state index in [9.17, 15) is 9.90 Å². The predicted molar refractivity (Wildman–Crippen MR) is 54.2 cm³/mol. The number of benzene rings is 1. The highest BCUT2D eigenvalue weighted by Crippen LogP contribution is 2.18. The summed E-state index contributed by atoms with van der Waals surface area (Å²) in [5.41, 5.74) is 1.34. The number of hydrogen-bond donors (Lipinski definition) is 1. The van der Waals surface area contributed by atoms with Crippen LogP contribution in [0.4, 0.5) is 0 Å². The van der Waals surface area contributed by atoms with Gasteiger partial charge in [-0.3, -0.25) is 4.79 Å². The summed E-state index contributed by atoms with van der Waals surface area (Å²) in [6, 6.07) is 5.01. The Hall–Kier alpha value is -1.31. The molecule has 0 saturated heterocycles. The Balaban J connectivity index is 0.000000671. The highest BCUT2D eigenvalue weighted by molar-refractivity contribution is 5.96. The highest BCUT2D eigenvalue weighted by Gasteiger charge is 2.04. The van der Waals surface area contributed by atoms with Gasteiger partial charge in [-0.15, -0.1) is 0 Å². The first kappa shape index (κ1) is 11.7. The van der Waals surface area contributed by atoms with Gasteiger partial charge >= 0.3 is 0 Å². The van der Waals surface area contributed by atoms with Crippen molar-refractivity contribution in [1.82, 2.24) is 0 Å². The molecule has 0 bridgehead atoms. The minimum absolute atomic E-state index is 0.0671. The molecule has 1 rings (SSSR count). The van der Waals surface area contributed by atoms with Crippen molar-refractivity contribution in [2.24, 2.45) is 0 Å². The predicted octanol–water partition coefficient (Wildman–Crippen LogP) is 2.93. The summed E-state index contributed by atoms with van der Waals surface area (Å²) in [5, 5.41) is 9.24. The van der Waals surface area contributed by atoms with Gasteiger partial charge in [-0.25, -0.2) is 0 Å². The normalized spacial score (nSPS) is 8.62. The van der Waals surface area contributed by atoms with Gasteiger partial charge in [0.2, 0.25) is 0 Å². The summed E-state index contributed by atoms with van der Waals surface area (Å²) in [6.45, 7) is 7.30. The zero-order valence-electron chi connectivity index (χ0n) is 8.59. The van der Waals surface area contributed by atoms with Crippen molar-refractivity contribution in [3.8, 4) is 5.75 Å². The molecule has 0 heterocycles. The lowest BCUT2D eigenvalue weighted by Gasteiger charge is -1.99. The first-order valence-corrected chi connectivity index (χ1v) is 4.42. The number of hydrogen-bond acceptors (Lipinski definition) is 2. The topological polar surface area (TPSA) is 37.3 Å². The van der Waals surface area contributed by atoms with Crippen LogP contribution in [0, 0.1) is 6.92 Å². The molecule has 13 heavy (non-hydrogen) atoms. The molecular formula is C11H16O2.